The third-order valence-electron chi connectivity index (χ3n) is 3.83. The number of carbonyl (C=O) groups excluding carboxylic acids is 2. The summed E-state index contributed by atoms with van der Waals surface area (Å²) in [7, 11) is 0. The molecule has 0 radical (unpaired) electrons. The Hall–Kier alpha value is -1.12. The van der Waals surface area contributed by atoms with Gasteiger partial charge in [0, 0.05) is 12.8 Å². The Morgan fingerprint density at radius 3 is 2.67 bits per heavy atom. The van der Waals surface area contributed by atoms with Crippen LogP contribution in [0.2, 0.25) is 0 Å². The first-order valence-electron chi connectivity index (χ1n) is 5.30. The largest absolute Gasteiger partial charge is 0.461 e. The van der Waals surface area contributed by atoms with Gasteiger partial charge in [-0.1, -0.05) is 13.8 Å². The van der Waals surface area contributed by atoms with Crippen molar-refractivity contribution < 1.29 is 14.3 Å². The van der Waals surface area contributed by atoms with Gasteiger partial charge in [-0.3, -0.25) is 9.59 Å². The average molecular weight is 208 g/mol. The van der Waals surface area contributed by atoms with Crippen LogP contribution < -0.4 is 0 Å². The number of rotatable bonds is 2. The lowest BCUT2D eigenvalue weighted by molar-refractivity contribution is -0.143. The number of hydrogen-bond donors (Lipinski definition) is 0. The minimum absolute atomic E-state index is 0.0569. The van der Waals surface area contributed by atoms with Gasteiger partial charge in [0.15, 0.2) is 5.78 Å². The van der Waals surface area contributed by atoms with Crippen molar-refractivity contribution in [1.29, 1.82) is 0 Å². The quantitative estimate of drug-likeness (QED) is 0.649. The SMILES string of the molecule is CC(=O)OCC1=CC(=O)[C@@H]2C[C@H]1C2(C)C. The average Bonchev–Trinajstić information content (AvgIpc) is 2.13. The standard InChI is InChI=1S/C12H16O3/c1-7(13)15-6-8-4-11(14)10-5-9(8)12(10,2)3/h4,9-10H,5-6H2,1-3H3/t9-,10+/m1/s1. The summed E-state index contributed by atoms with van der Waals surface area (Å²) in [6.45, 7) is 5.90. The van der Waals surface area contributed by atoms with Crippen LogP contribution in [0.4, 0.5) is 0 Å². The van der Waals surface area contributed by atoms with E-state index < -0.39 is 0 Å². The van der Waals surface area contributed by atoms with Gasteiger partial charge in [-0.15, -0.1) is 0 Å². The van der Waals surface area contributed by atoms with E-state index in [4.69, 9.17) is 4.74 Å². The Morgan fingerprint density at radius 1 is 1.53 bits per heavy atom. The van der Waals surface area contributed by atoms with Crippen molar-refractivity contribution in [3.63, 3.8) is 0 Å². The summed E-state index contributed by atoms with van der Waals surface area (Å²) in [5, 5.41) is 0. The molecule has 0 amide bonds. The molecule has 0 N–H and O–H groups in total. The summed E-state index contributed by atoms with van der Waals surface area (Å²) in [4.78, 5) is 22.4. The Kier molecular flexibility index (Phi) is 2.21. The van der Waals surface area contributed by atoms with E-state index in [1.807, 2.05) is 0 Å². The zero-order valence-corrected chi connectivity index (χ0v) is 9.37. The molecular weight excluding hydrogens is 192 g/mol. The summed E-state index contributed by atoms with van der Waals surface area (Å²) < 4.78 is 4.96. The Labute approximate surface area is 89.5 Å². The third-order valence-corrected chi connectivity index (χ3v) is 3.83. The predicted molar refractivity (Wildman–Crippen MR) is 55.1 cm³/mol. The number of hydrogen-bond acceptors (Lipinski definition) is 3. The molecule has 1 saturated carbocycles. The fraction of sp³-hybridized carbons (Fsp3) is 0.667. The number of allylic oxidation sites excluding steroid dienone is 1. The Balaban J connectivity index is 2.13. The van der Waals surface area contributed by atoms with E-state index in [1.165, 1.54) is 6.92 Å². The highest BCUT2D eigenvalue weighted by atomic mass is 16.5. The molecule has 3 heteroatoms. The molecule has 0 aromatic carbocycles. The van der Waals surface area contributed by atoms with Crippen molar-refractivity contribution in [2.75, 3.05) is 6.61 Å². The van der Waals surface area contributed by atoms with Gasteiger partial charge in [0.05, 0.1) is 0 Å². The lowest BCUT2D eigenvalue weighted by atomic mass is 9.48. The van der Waals surface area contributed by atoms with Crippen molar-refractivity contribution in [3.8, 4) is 0 Å². The van der Waals surface area contributed by atoms with Crippen LogP contribution in [0.15, 0.2) is 11.6 Å². The number of carbonyl (C=O) groups is 2. The van der Waals surface area contributed by atoms with Gasteiger partial charge in [0.25, 0.3) is 0 Å². The number of fused-ring (bicyclic) bond motifs is 1. The third kappa shape index (κ3) is 1.50. The molecule has 1 fully saturated rings. The zero-order valence-electron chi connectivity index (χ0n) is 9.37. The highest BCUT2D eigenvalue weighted by Crippen LogP contribution is 2.57. The zero-order chi connectivity index (χ0) is 11.2. The second-order valence-electron chi connectivity index (χ2n) is 5.06. The summed E-state index contributed by atoms with van der Waals surface area (Å²) in [6.07, 6.45) is 2.60. The molecule has 3 aliphatic rings. The first kappa shape index (κ1) is 10.4. The van der Waals surface area contributed by atoms with E-state index >= 15 is 0 Å². The van der Waals surface area contributed by atoms with Gasteiger partial charge in [-0.2, -0.15) is 0 Å². The first-order valence-corrected chi connectivity index (χ1v) is 5.30. The number of ether oxygens (including phenoxy) is 1. The predicted octanol–water partition coefficient (Wildman–Crippen LogP) is 1.72. The highest BCUT2D eigenvalue weighted by molar-refractivity contribution is 5.96. The van der Waals surface area contributed by atoms with Crippen LogP contribution in [-0.4, -0.2) is 18.4 Å². The van der Waals surface area contributed by atoms with Crippen LogP contribution in [-0.2, 0) is 14.3 Å². The molecule has 3 rings (SSSR count). The lowest BCUT2D eigenvalue weighted by Crippen LogP contribution is -2.53. The molecule has 0 aromatic rings. The molecule has 3 aliphatic carbocycles. The van der Waals surface area contributed by atoms with Gasteiger partial charge in [-0.05, 0) is 29.4 Å². The molecule has 0 saturated heterocycles. The monoisotopic (exact) mass is 208 g/mol. The van der Waals surface area contributed by atoms with Gasteiger partial charge in [-0.25, -0.2) is 0 Å². The molecule has 0 heterocycles. The maximum Gasteiger partial charge on any atom is 0.302 e. The van der Waals surface area contributed by atoms with E-state index in [2.05, 4.69) is 13.8 Å². The molecular formula is C12H16O3. The van der Waals surface area contributed by atoms with Gasteiger partial charge in [0.2, 0.25) is 0 Å². The Morgan fingerprint density at radius 2 is 2.20 bits per heavy atom. The second-order valence-corrected chi connectivity index (χ2v) is 5.06. The van der Waals surface area contributed by atoms with Gasteiger partial charge in [0.1, 0.15) is 6.61 Å². The fourth-order valence-electron chi connectivity index (χ4n) is 2.75. The highest BCUT2D eigenvalue weighted by Gasteiger charge is 2.55. The summed E-state index contributed by atoms with van der Waals surface area (Å²) >= 11 is 0. The van der Waals surface area contributed by atoms with E-state index in [0.717, 1.165) is 12.0 Å². The van der Waals surface area contributed by atoms with E-state index in [1.54, 1.807) is 6.08 Å². The van der Waals surface area contributed by atoms with Crippen molar-refractivity contribution in [3.05, 3.63) is 11.6 Å². The fourth-order valence-corrected chi connectivity index (χ4v) is 2.75. The molecule has 0 unspecified atom stereocenters. The molecule has 2 atom stereocenters. The molecule has 3 nitrogen and oxygen atoms in total. The topological polar surface area (TPSA) is 43.4 Å². The molecule has 2 bridgehead atoms. The first-order chi connectivity index (χ1) is 6.93. The summed E-state index contributed by atoms with van der Waals surface area (Å²) in [5.74, 6) is 0.510. The normalized spacial score (nSPS) is 31.7. The van der Waals surface area contributed by atoms with E-state index in [-0.39, 0.29) is 29.7 Å². The van der Waals surface area contributed by atoms with Crippen LogP contribution in [0, 0.1) is 17.3 Å². The second kappa shape index (κ2) is 3.19. The smallest absolute Gasteiger partial charge is 0.302 e. The van der Waals surface area contributed by atoms with Crippen molar-refractivity contribution in [2.45, 2.75) is 27.2 Å². The maximum atomic E-state index is 11.7. The molecule has 82 valence electrons. The maximum absolute atomic E-state index is 11.7. The van der Waals surface area contributed by atoms with Gasteiger partial charge >= 0.3 is 5.97 Å². The van der Waals surface area contributed by atoms with Crippen LogP contribution in [0.25, 0.3) is 0 Å². The van der Waals surface area contributed by atoms with E-state index in [0.29, 0.717) is 5.92 Å². The number of esters is 1. The Bertz CT molecular complexity index is 352. The van der Waals surface area contributed by atoms with Crippen LogP contribution >= 0.6 is 0 Å². The molecule has 15 heavy (non-hydrogen) atoms. The van der Waals surface area contributed by atoms with Crippen LogP contribution in [0.3, 0.4) is 0 Å². The molecule has 0 spiro atoms. The lowest BCUT2D eigenvalue weighted by Gasteiger charge is -2.54. The minimum atomic E-state index is -0.289. The minimum Gasteiger partial charge on any atom is -0.461 e. The van der Waals surface area contributed by atoms with E-state index in [9.17, 15) is 9.59 Å². The molecule has 0 aromatic heterocycles. The van der Waals surface area contributed by atoms with Crippen molar-refractivity contribution in [2.24, 2.45) is 17.3 Å². The van der Waals surface area contributed by atoms with Crippen LogP contribution in [0.5, 0.6) is 0 Å². The van der Waals surface area contributed by atoms with Crippen molar-refractivity contribution in [1.82, 2.24) is 0 Å². The molecule has 0 aliphatic heterocycles. The van der Waals surface area contributed by atoms with Gasteiger partial charge < -0.3 is 4.74 Å². The summed E-state index contributed by atoms with van der Waals surface area (Å²) in [5.41, 5.74) is 1.05. The number of ketones is 1. The summed E-state index contributed by atoms with van der Waals surface area (Å²) in [6, 6.07) is 0. The van der Waals surface area contributed by atoms with Crippen molar-refractivity contribution >= 4 is 11.8 Å². The van der Waals surface area contributed by atoms with Crippen LogP contribution in [0.1, 0.15) is 27.2 Å².